The molecule has 0 radical (unpaired) electrons. The summed E-state index contributed by atoms with van der Waals surface area (Å²) in [7, 11) is 0. The number of amides is 1. The molecule has 4 rings (SSSR count). The second-order valence-corrected chi connectivity index (χ2v) is 7.28. The fourth-order valence-electron chi connectivity index (χ4n) is 3.68. The lowest BCUT2D eigenvalue weighted by atomic mass is 9.80. The second kappa shape index (κ2) is 6.37. The quantitative estimate of drug-likeness (QED) is 0.665. The molecule has 28 heavy (non-hydrogen) atoms. The van der Waals surface area contributed by atoms with Crippen molar-refractivity contribution >= 4 is 28.9 Å². The number of benzene rings is 2. The predicted molar refractivity (Wildman–Crippen MR) is 101 cm³/mol. The van der Waals surface area contributed by atoms with Gasteiger partial charge in [-0.25, -0.2) is 0 Å². The highest BCUT2D eigenvalue weighted by Crippen LogP contribution is 2.45. The number of anilines is 1. The summed E-state index contributed by atoms with van der Waals surface area (Å²) in [6.07, 6.45) is -4.49. The number of fused-ring (bicyclic) bond motifs is 4. The average molecular weight is 407 g/mol. The third-order valence-corrected chi connectivity index (χ3v) is 5.11. The molecule has 2 bridgehead atoms. The molecule has 2 aromatic carbocycles. The average Bonchev–Trinajstić information content (AvgIpc) is 2.60. The van der Waals surface area contributed by atoms with Crippen LogP contribution in [0.2, 0.25) is 0 Å². The Morgan fingerprint density at radius 1 is 1.21 bits per heavy atom. The van der Waals surface area contributed by atoms with E-state index in [1.165, 1.54) is 12.1 Å². The molecule has 2 aliphatic heterocycles. The summed E-state index contributed by atoms with van der Waals surface area (Å²) >= 11 is 5.23. The van der Waals surface area contributed by atoms with E-state index in [1.807, 2.05) is 18.2 Å². The maximum atomic E-state index is 13.1. The Hall–Kier alpha value is -2.81. The zero-order valence-electron chi connectivity index (χ0n) is 14.6. The molecule has 0 saturated carbocycles. The Balaban J connectivity index is 1.67. The van der Waals surface area contributed by atoms with Crippen LogP contribution in [0.15, 0.2) is 48.5 Å². The highest BCUT2D eigenvalue weighted by molar-refractivity contribution is 7.80. The normalized spacial score (nSPS) is 25.6. The van der Waals surface area contributed by atoms with Gasteiger partial charge in [0.2, 0.25) is 5.91 Å². The van der Waals surface area contributed by atoms with E-state index in [9.17, 15) is 18.0 Å². The lowest BCUT2D eigenvalue weighted by Gasteiger charge is -2.50. The van der Waals surface area contributed by atoms with Crippen LogP contribution in [0.25, 0.3) is 0 Å². The molecule has 0 aromatic heterocycles. The molecule has 1 fully saturated rings. The molecule has 3 N–H and O–H groups in total. The molecule has 2 aromatic rings. The Morgan fingerprint density at radius 2 is 1.96 bits per heavy atom. The summed E-state index contributed by atoms with van der Waals surface area (Å²) in [4.78, 5) is 13.1. The number of thiocarbonyl (C=S) groups is 1. The smallest absolute Gasteiger partial charge is 0.416 e. The maximum Gasteiger partial charge on any atom is 0.416 e. The molecule has 146 valence electrons. The topological polar surface area (TPSA) is 62.4 Å². The van der Waals surface area contributed by atoms with Crippen molar-refractivity contribution in [3.05, 3.63) is 59.7 Å². The van der Waals surface area contributed by atoms with Gasteiger partial charge in [0.05, 0.1) is 11.6 Å². The molecule has 3 atom stereocenters. The van der Waals surface area contributed by atoms with Crippen LogP contribution in [-0.2, 0) is 11.0 Å². The van der Waals surface area contributed by atoms with E-state index in [0.717, 1.165) is 17.7 Å². The van der Waals surface area contributed by atoms with Gasteiger partial charge < -0.3 is 20.7 Å². The number of ether oxygens (including phenoxy) is 1. The minimum absolute atomic E-state index is 0.0583. The van der Waals surface area contributed by atoms with Crippen LogP contribution in [0.5, 0.6) is 5.75 Å². The van der Waals surface area contributed by atoms with Crippen LogP contribution in [-0.4, -0.2) is 16.7 Å². The number of rotatable bonds is 2. The number of hydrogen-bond donors (Lipinski definition) is 3. The summed E-state index contributed by atoms with van der Waals surface area (Å²) in [6, 6.07) is 11.3. The molecule has 1 saturated heterocycles. The zero-order valence-corrected chi connectivity index (χ0v) is 15.4. The van der Waals surface area contributed by atoms with Gasteiger partial charge in [0, 0.05) is 11.3 Å². The molecule has 0 spiro atoms. The van der Waals surface area contributed by atoms with Gasteiger partial charge in [-0.15, -0.1) is 0 Å². The summed E-state index contributed by atoms with van der Waals surface area (Å²) in [5, 5.41) is 8.98. The van der Waals surface area contributed by atoms with Crippen LogP contribution >= 0.6 is 12.2 Å². The first-order valence-corrected chi connectivity index (χ1v) is 8.93. The van der Waals surface area contributed by atoms with Gasteiger partial charge in [-0.1, -0.05) is 24.3 Å². The fraction of sp³-hybridized carbons (Fsp3) is 0.263. The van der Waals surface area contributed by atoms with E-state index < -0.39 is 35.3 Å². The van der Waals surface area contributed by atoms with Crippen molar-refractivity contribution in [1.29, 1.82) is 0 Å². The van der Waals surface area contributed by atoms with E-state index in [2.05, 4.69) is 16.0 Å². The molecule has 5 nitrogen and oxygen atoms in total. The summed E-state index contributed by atoms with van der Waals surface area (Å²) in [5.74, 6) is -0.645. The van der Waals surface area contributed by atoms with Crippen molar-refractivity contribution in [3.8, 4) is 5.75 Å². The van der Waals surface area contributed by atoms with Crippen molar-refractivity contribution in [2.24, 2.45) is 5.92 Å². The molecule has 0 aliphatic carbocycles. The number of hydrogen-bond acceptors (Lipinski definition) is 3. The first-order valence-electron chi connectivity index (χ1n) is 8.52. The SMILES string of the molecule is C[C@@]12NC(=S)N[C@@H](c3ccccc3O1)[C@@H]2C(=O)Nc1cccc(C(F)(F)F)c1. The zero-order chi connectivity index (χ0) is 20.1. The minimum Gasteiger partial charge on any atom is -0.467 e. The van der Waals surface area contributed by atoms with Crippen molar-refractivity contribution in [2.75, 3.05) is 5.32 Å². The van der Waals surface area contributed by atoms with Gasteiger partial charge in [0.1, 0.15) is 11.7 Å². The highest BCUT2D eigenvalue weighted by Gasteiger charge is 2.54. The summed E-state index contributed by atoms with van der Waals surface area (Å²) in [6.45, 7) is 1.69. The van der Waals surface area contributed by atoms with Gasteiger partial charge in [-0.05, 0) is 43.4 Å². The van der Waals surface area contributed by atoms with Gasteiger partial charge in [0.15, 0.2) is 10.8 Å². The Morgan fingerprint density at radius 3 is 2.71 bits per heavy atom. The Bertz CT molecular complexity index is 965. The number of alkyl halides is 3. The Labute approximate surface area is 164 Å². The molecular weight excluding hydrogens is 391 g/mol. The standard InChI is InChI=1S/C19H16F3N3O2S/c1-18-14(16(26)23-11-6-4-5-10(9-11)19(20,21)22)15(24-17(28)25-18)12-7-2-3-8-13(12)27-18/h2-9,14-15H,1H3,(H,23,26)(H2,24,25,28)/t14-,15+,18-/m1/s1. The second-order valence-electron chi connectivity index (χ2n) is 6.87. The van der Waals surface area contributed by atoms with Crippen LogP contribution in [0.3, 0.4) is 0 Å². The van der Waals surface area contributed by atoms with Crippen LogP contribution in [0.1, 0.15) is 24.1 Å². The van der Waals surface area contributed by atoms with Crippen LogP contribution in [0, 0.1) is 5.92 Å². The summed E-state index contributed by atoms with van der Waals surface area (Å²) in [5.41, 5.74) is -1.16. The molecule has 9 heteroatoms. The van der Waals surface area contributed by atoms with Crippen LogP contribution in [0.4, 0.5) is 18.9 Å². The van der Waals surface area contributed by atoms with E-state index in [1.54, 1.807) is 13.0 Å². The van der Waals surface area contributed by atoms with Crippen molar-refractivity contribution in [1.82, 2.24) is 10.6 Å². The lowest BCUT2D eigenvalue weighted by Crippen LogP contribution is -2.70. The maximum absolute atomic E-state index is 13.1. The molecule has 2 aliphatic rings. The third kappa shape index (κ3) is 3.15. The minimum atomic E-state index is -4.49. The number of halogens is 3. The van der Waals surface area contributed by atoms with E-state index >= 15 is 0 Å². The predicted octanol–water partition coefficient (Wildman–Crippen LogP) is 3.59. The van der Waals surface area contributed by atoms with Gasteiger partial charge in [-0.3, -0.25) is 4.79 Å². The molecule has 2 heterocycles. The number of nitrogens with one attached hydrogen (secondary N) is 3. The first kappa shape index (κ1) is 18.5. The number of carbonyl (C=O) groups is 1. The first-order chi connectivity index (χ1) is 13.2. The monoisotopic (exact) mass is 407 g/mol. The molecule has 0 unspecified atom stereocenters. The van der Waals surface area contributed by atoms with Crippen molar-refractivity contribution < 1.29 is 22.7 Å². The van der Waals surface area contributed by atoms with Gasteiger partial charge in [0.25, 0.3) is 0 Å². The highest BCUT2D eigenvalue weighted by atomic mass is 32.1. The number of carbonyl (C=O) groups excluding carboxylic acids is 1. The van der Waals surface area contributed by atoms with Crippen molar-refractivity contribution in [3.63, 3.8) is 0 Å². The number of para-hydroxylation sites is 1. The van der Waals surface area contributed by atoms with E-state index in [0.29, 0.717) is 10.9 Å². The van der Waals surface area contributed by atoms with Crippen molar-refractivity contribution in [2.45, 2.75) is 24.9 Å². The van der Waals surface area contributed by atoms with E-state index in [4.69, 9.17) is 17.0 Å². The van der Waals surface area contributed by atoms with Gasteiger partial charge >= 0.3 is 6.18 Å². The Kier molecular flexibility index (Phi) is 4.22. The van der Waals surface area contributed by atoms with E-state index in [-0.39, 0.29) is 5.69 Å². The van der Waals surface area contributed by atoms with Crippen LogP contribution < -0.4 is 20.7 Å². The molecular formula is C19H16F3N3O2S. The fourth-order valence-corrected chi connectivity index (χ4v) is 4.01. The third-order valence-electron chi connectivity index (χ3n) is 4.89. The molecule has 1 amide bonds. The summed E-state index contributed by atoms with van der Waals surface area (Å²) < 4.78 is 44.9. The van der Waals surface area contributed by atoms with Gasteiger partial charge in [-0.2, -0.15) is 13.2 Å². The lowest BCUT2D eigenvalue weighted by molar-refractivity contribution is -0.138. The largest absolute Gasteiger partial charge is 0.467 e.